The molecule has 38 heavy (non-hydrogen) atoms. The van der Waals surface area contributed by atoms with Crippen LogP contribution in [0.4, 0.5) is 0 Å². The summed E-state index contributed by atoms with van der Waals surface area (Å²) in [5, 5.41) is 0. The summed E-state index contributed by atoms with van der Waals surface area (Å²) in [7, 11) is 0. The lowest BCUT2D eigenvalue weighted by Crippen LogP contribution is -1.95. The second kappa shape index (κ2) is 10.3. The molecule has 0 radical (unpaired) electrons. The van der Waals surface area contributed by atoms with E-state index in [9.17, 15) is 0 Å². The normalized spacial score (nSPS) is 10.9. The first-order chi connectivity index (χ1) is 18.7. The third-order valence-corrected chi connectivity index (χ3v) is 6.93. The highest BCUT2D eigenvalue weighted by Crippen LogP contribution is 2.37. The first kappa shape index (κ1) is 23.6. The predicted molar refractivity (Wildman–Crippen MR) is 159 cm³/mol. The van der Waals surface area contributed by atoms with Gasteiger partial charge in [-0.3, -0.25) is 9.97 Å². The van der Waals surface area contributed by atoms with E-state index >= 15 is 0 Å². The van der Waals surface area contributed by atoms with Gasteiger partial charge in [0.2, 0.25) is 0 Å². The minimum Gasteiger partial charge on any atom is -0.254 e. The smallest absolute Gasteiger partial charge is 0.0893 e. The van der Waals surface area contributed by atoms with E-state index in [1.807, 2.05) is 12.4 Å². The van der Waals surface area contributed by atoms with Gasteiger partial charge in [-0.15, -0.1) is 0 Å². The first-order valence-corrected chi connectivity index (χ1v) is 12.9. The van der Waals surface area contributed by atoms with Crippen molar-refractivity contribution in [3.05, 3.63) is 145 Å². The van der Waals surface area contributed by atoms with Gasteiger partial charge in [0.05, 0.1) is 11.4 Å². The summed E-state index contributed by atoms with van der Waals surface area (Å²) in [5.41, 5.74) is 13.3. The zero-order valence-electron chi connectivity index (χ0n) is 21.6. The Kier molecular flexibility index (Phi) is 6.37. The van der Waals surface area contributed by atoms with Gasteiger partial charge in [0, 0.05) is 23.5 Å². The molecule has 0 amide bonds. The van der Waals surface area contributed by atoms with E-state index in [2.05, 4.69) is 135 Å². The molecule has 0 aliphatic carbocycles. The summed E-state index contributed by atoms with van der Waals surface area (Å²) >= 11 is 0. The molecule has 0 bridgehead atoms. The molecular formula is C36H28N2. The van der Waals surface area contributed by atoms with E-state index in [4.69, 9.17) is 9.97 Å². The number of aromatic nitrogens is 2. The molecule has 0 fully saturated rings. The summed E-state index contributed by atoms with van der Waals surface area (Å²) in [4.78, 5) is 9.85. The second-order valence-electron chi connectivity index (χ2n) is 9.70. The van der Waals surface area contributed by atoms with Crippen molar-refractivity contribution in [1.82, 2.24) is 9.97 Å². The summed E-state index contributed by atoms with van der Waals surface area (Å²) < 4.78 is 0. The van der Waals surface area contributed by atoms with E-state index < -0.39 is 0 Å². The molecule has 0 aliphatic heterocycles. The molecule has 0 unspecified atom stereocenters. The number of nitrogens with zero attached hydrogens (tertiary/aromatic N) is 2. The van der Waals surface area contributed by atoms with Crippen LogP contribution in [0.1, 0.15) is 11.1 Å². The fourth-order valence-corrected chi connectivity index (χ4v) is 4.91. The van der Waals surface area contributed by atoms with Gasteiger partial charge in [-0.2, -0.15) is 0 Å². The van der Waals surface area contributed by atoms with Crippen molar-refractivity contribution >= 4 is 0 Å². The molecule has 2 heteroatoms. The predicted octanol–water partition coefficient (Wildman–Crippen LogP) is 9.43. The van der Waals surface area contributed by atoms with Gasteiger partial charge in [-0.1, -0.05) is 120 Å². The van der Waals surface area contributed by atoms with Crippen molar-refractivity contribution in [2.24, 2.45) is 0 Å². The Hall–Kier alpha value is -4.82. The Morgan fingerprint density at radius 3 is 1.37 bits per heavy atom. The van der Waals surface area contributed by atoms with Crippen LogP contribution in [-0.4, -0.2) is 9.97 Å². The fraction of sp³-hybridized carbons (Fsp3) is 0.0556. The summed E-state index contributed by atoms with van der Waals surface area (Å²) in [6.07, 6.45) is 3.98. The van der Waals surface area contributed by atoms with Crippen LogP contribution in [-0.2, 0) is 0 Å². The third-order valence-electron chi connectivity index (χ3n) is 6.93. The summed E-state index contributed by atoms with van der Waals surface area (Å²) in [5.74, 6) is 0. The van der Waals surface area contributed by atoms with Crippen molar-refractivity contribution in [1.29, 1.82) is 0 Å². The maximum Gasteiger partial charge on any atom is 0.0893 e. The van der Waals surface area contributed by atoms with E-state index in [-0.39, 0.29) is 0 Å². The minimum absolute atomic E-state index is 0.854. The SMILES string of the molecule is Cc1ccc(-c2cnc(-c3cc(-c4ccccc4)c(-c4cccc(C)c4)cn3)cc2-c2ccccc2)cc1. The Morgan fingerprint density at radius 1 is 0.368 bits per heavy atom. The quantitative estimate of drug-likeness (QED) is 0.241. The van der Waals surface area contributed by atoms with Crippen molar-refractivity contribution < 1.29 is 0 Å². The molecule has 0 spiro atoms. The van der Waals surface area contributed by atoms with Crippen LogP contribution in [0.25, 0.3) is 55.9 Å². The van der Waals surface area contributed by atoms with Gasteiger partial charge in [-0.25, -0.2) is 0 Å². The number of benzene rings is 4. The lowest BCUT2D eigenvalue weighted by molar-refractivity contribution is 1.25. The van der Waals surface area contributed by atoms with E-state index in [0.717, 1.165) is 55.9 Å². The standard InChI is InChI=1S/C36H28N2/c1-25-16-18-29(19-17-25)33-23-37-35(21-31(33)27-11-5-3-6-12-27)36-22-32(28-13-7-4-8-14-28)34(24-38-36)30-15-9-10-26(2)20-30/h3-24H,1-2H3. The zero-order valence-corrected chi connectivity index (χ0v) is 21.6. The van der Waals surface area contributed by atoms with Crippen LogP contribution >= 0.6 is 0 Å². The molecule has 182 valence electrons. The largest absolute Gasteiger partial charge is 0.254 e. The van der Waals surface area contributed by atoms with Crippen LogP contribution in [0.5, 0.6) is 0 Å². The van der Waals surface area contributed by atoms with E-state index in [0.29, 0.717) is 0 Å². The van der Waals surface area contributed by atoms with Crippen LogP contribution < -0.4 is 0 Å². The monoisotopic (exact) mass is 488 g/mol. The topological polar surface area (TPSA) is 25.8 Å². The molecule has 2 nitrogen and oxygen atoms in total. The number of aryl methyl sites for hydroxylation is 2. The summed E-state index contributed by atoms with van der Waals surface area (Å²) in [6, 6.07) is 42.6. The van der Waals surface area contributed by atoms with Crippen molar-refractivity contribution in [2.45, 2.75) is 13.8 Å². The highest BCUT2D eigenvalue weighted by Gasteiger charge is 2.15. The maximum absolute atomic E-state index is 4.93. The second-order valence-corrected chi connectivity index (χ2v) is 9.70. The molecule has 4 aromatic carbocycles. The van der Waals surface area contributed by atoms with Gasteiger partial charge in [0.25, 0.3) is 0 Å². The molecule has 6 aromatic rings. The van der Waals surface area contributed by atoms with Gasteiger partial charge in [-0.05, 0) is 59.4 Å². The first-order valence-electron chi connectivity index (χ1n) is 12.9. The Labute approximate surface area is 224 Å². The van der Waals surface area contributed by atoms with Gasteiger partial charge >= 0.3 is 0 Å². The van der Waals surface area contributed by atoms with Gasteiger partial charge in [0.1, 0.15) is 0 Å². The zero-order chi connectivity index (χ0) is 25.9. The van der Waals surface area contributed by atoms with Crippen molar-refractivity contribution in [3.8, 4) is 55.9 Å². The highest BCUT2D eigenvalue weighted by atomic mass is 14.8. The van der Waals surface area contributed by atoms with Crippen molar-refractivity contribution in [2.75, 3.05) is 0 Å². The number of hydrogen-bond acceptors (Lipinski definition) is 2. The molecule has 0 aliphatic rings. The molecule has 0 saturated heterocycles. The molecule has 2 aromatic heterocycles. The third kappa shape index (κ3) is 4.77. The Bertz CT molecular complexity index is 1700. The lowest BCUT2D eigenvalue weighted by atomic mass is 9.93. The lowest BCUT2D eigenvalue weighted by Gasteiger charge is -2.15. The van der Waals surface area contributed by atoms with Crippen LogP contribution in [0, 0.1) is 13.8 Å². The van der Waals surface area contributed by atoms with Crippen molar-refractivity contribution in [3.63, 3.8) is 0 Å². The van der Waals surface area contributed by atoms with Gasteiger partial charge < -0.3 is 0 Å². The maximum atomic E-state index is 4.93. The Morgan fingerprint density at radius 2 is 0.842 bits per heavy atom. The average molecular weight is 489 g/mol. The van der Waals surface area contributed by atoms with Gasteiger partial charge in [0.15, 0.2) is 0 Å². The molecular weight excluding hydrogens is 460 g/mol. The molecule has 2 heterocycles. The average Bonchev–Trinajstić information content (AvgIpc) is 2.98. The number of pyridine rings is 2. The van der Waals surface area contributed by atoms with Crippen LogP contribution in [0.2, 0.25) is 0 Å². The minimum atomic E-state index is 0.854. The number of hydrogen-bond donors (Lipinski definition) is 0. The molecule has 0 N–H and O–H groups in total. The van der Waals surface area contributed by atoms with E-state index in [1.165, 1.54) is 11.1 Å². The highest BCUT2D eigenvalue weighted by molar-refractivity contribution is 5.88. The molecule has 0 atom stereocenters. The molecule has 0 saturated carbocycles. The number of rotatable bonds is 5. The molecule has 6 rings (SSSR count). The Balaban J connectivity index is 1.52. The van der Waals surface area contributed by atoms with E-state index in [1.54, 1.807) is 0 Å². The van der Waals surface area contributed by atoms with Crippen LogP contribution in [0.3, 0.4) is 0 Å². The van der Waals surface area contributed by atoms with Crippen LogP contribution in [0.15, 0.2) is 134 Å². The summed E-state index contributed by atoms with van der Waals surface area (Å²) in [6.45, 7) is 4.23. The fourth-order valence-electron chi connectivity index (χ4n) is 4.91.